The second-order valence-corrected chi connectivity index (χ2v) is 5.82. The molecular weight excluding hydrogens is 310 g/mol. The quantitative estimate of drug-likeness (QED) is 0.817. The molecule has 1 N–H and O–H groups in total. The van der Waals surface area contributed by atoms with Gasteiger partial charge in [-0.1, -0.05) is 0 Å². The first-order chi connectivity index (χ1) is 11.7. The van der Waals surface area contributed by atoms with Gasteiger partial charge >= 0.3 is 0 Å². The summed E-state index contributed by atoms with van der Waals surface area (Å²) in [4.78, 5) is 36.1. The Kier molecular flexibility index (Phi) is 5.37. The van der Waals surface area contributed by atoms with Crippen LogP contribution in [0.4, 0.5) is 0 Å². The number of carbonyl (C=O) groups excluding carboxylic acids is 1. The molecule has 0 radical (unpaired) electrons. The highest BCUT2D eigenvalue weighted by molar-refractivity contribution is 5.76. The maximum atomic E-state index is 12.3. The third-order valence-electron chi connectivity index (χ3n) is 4.09. The molecule has 0 bridgehead atoms. The first-order valence-corrected chi connectivity index (χ1v) is 8.09. The fourth-order valence-corrected chi connectivity index (χ4v) is 2.78. The monoisotopic (exact) mass is 331 g/mol. The van der Waals surface area contributed by atoms with Gasteiger partial charge in [-0.15, -0.1) is 0 Å². The summed E-state index contributed by atoms with van der Waals surface area (Å²) < 4.78 is 7.64. The van der Waals surface area contributed by atoms with E-state index in [2.05, 4.69) is 15.0 Å². The predicted molar refractivity (Wildman–Crippen MR) is 86.3 cm³/mol. The molecular formula is C16H21N5O3. The summed E-state index contributed by atoms with van der Waals surface area (Å²) in [7, 11) is 0. The van der Waals surface area contributed by atoms with Crippen LogP contribution in [0.3, 0.4) is 0 Å². The van der Waals surface area contributed by atoms with Crippen molar-refractivity contribution < 1.29 is 9.53 Å². The molecule has 128 valence electrons. The van der Waals surface area contributed by atoms with E-state index in [1.54, 1.807) is 12.5 Å². The number of H-pyrrole nitrogens is 1. The molecule has 24 heavy (non-hydrogen) atoms. The molecule has 0 unspecified atom stereocenters. The molecule has 1 aliphatic rings. The maximum Gasteiger partial charge on any atom is 0.250 e. The number of aromatic nitrogens is 4. The fraction of sp³-hybridized carbons (Fsp3) is 0.500. The number of rotatable bonds is 6. The fourth-order valence-electron chi connectivity index (χ4n) is 2.78. The van der Waals surface area contributed by atoms with Crippen LogP contribution in [0.2, 0.25) is 0 Å². The first-order valence-electron chi connectivity index (χ1n) is 8.09. The number of amides is 1. The van der Waals surface area contributed by atoms with Crippen molar-refractivity contribution >= 4 is 5.91 Å². The Hall–Kier alpha value is -2.48. The summed E-state index contributed by atoms with van der Waals surface area (Å²) in [5.41, 5.74) is 0.590. The molecule has 1 fully saturated rings. The number of morpholine rings is 1. The Bertz CT molecular complexity index is 713. The number of carbonyl (C=O) groups is 1. The van der Waals surface area contributed by atoms with Crippen molar-refractivity contribution in [2.45, 2.75) is 31.9 Å². The number of hydrogen-bond acceptors (Lipinski definition) is 5. The highest BCUT2D eigenvalue weighted by atomic mass is 16.5. The molecule has 0 spiro atoms. The molecule has 3 rings (SSSR count). The molecule has 1 saturated heterocycles. The summed E-state index contributed by atoms with van der Waals surface area (Å²) >= 11 is 0. The van der Waals surface area contributed by atoms with Crippen LogP contribution in [0.25, 0.3) is 0 Å². The van der Waals surface area contributed by atoms with E-state index in [0.717, 1.165) is 12.1 Å². The Morgan fingerprint density at radius 1 is 1.46 bits per heavy atom. The normalized spacial score (nSPS) is 17.8. The number of aromatic amines is 1. The van der Waals surface area contributed by atoms with Crippen LogP contribution in [0.1, 0.15) is 18.5 Å². The molecule has 8 heteroatoms. The van der Waals surface area contributed by atoms with E-state index >= 15 is 0 Å². The molecule has 2 aromatic heterocycles. The van der Waals surface area contributed by atoms with Gasteiger partial charge in [-0.3, -0.25) is 9.59 Å². The van der Waals surface area contributed by atoms with Crippen LogP contribution in [-0.2, 0) is 22.5 Å². The minimum Gasteiger partial charge on any atom is -0.375 e. The van der Waals surface area contributed by atoms with Crippen LogP contribution in [-0.4, -0.2) is 56.1 Å². The average molecular weight is 331 g/mol. The number of nitrogens with one attached hydrogen (secondary N) is 1. The average Bonchev–Trinajstić information content (AvgIpc) is 3.12. The first kappa shape index (κ1) is 16.4. The van der Waals surface area contributed by atoms with E-state index in [1.165, 1.54) is 12.4 Å². The molecule has 1 aliphatic heterocycles. The SMILES string of the molecule is O=C(CCn1ccnc1)N1CCO[C@H](CCc2cc(=O)[nH]cn2)C1. The van der Waals surface area contributed by atoms with Crippen LogP contribution in [0, 0.1) is 0 Å². The zero-order chi connectivity index (χ0) is 16.8. The number of aryl methyl sites for hydroxylation is 2. The van der Waals surface area contributed by atoms with Gasteiger partial charge in [-0.25, -0.2) is 9.97 Å². The Morgan fingerprint density at radius 3 is 3.17 bits per heavy atom. The lowest BCUT2D eigenvalue weighted by Crippen LogP contribution is -2.46. The van der Waals surface area contributed by atoms with Gasteiger partial charge < -0.3 is 19.2 Å². The van der Waals surface area contributed by atoms with E-state index in [0.29, 0.717) is 39.1 Å². The molecule has 0 aromatic carbocycles. The summed E-state index contributed by atoms with van der Waals surface area (Å²) in [6, 6.07) is 1.50. The van der Waals surface area contributed by atoms with Crippen molar-refractivity contribution in [2.24, 2.45) is 0 Å². The van der Waals surface area contributed by atoms with E-state index in [-0.39, 0.29) is 17.6 Å². The van der Waals surface area contributed by atoms with Crippen LogP contribution in [0.5, 0.6) is 0 Å². The number of nitrogens with zero attached hydrogens (tertiary/aromatic N) is 4. The van der Waals surface area contributed by atoms with Crippen LogP contribution >= 0.6 is 0 Å². The molecule has 1 amide bonds. The third-order valence-corrected chi connectivity index (χ3v) is 4.09. The summed E-state index contributed by atoms with van der Waals surface area (Å²) in [6.07, 6.45) is 8.51. The van der Waals surface area contributed by atoms with Crippen molar-refractivity contribution in [1.82, 2.24) is 24.4 Å². The second-order valence-electron chi connectivity index (χ2n) is 5.82. The van der Waals surface area contributed by atoms with E-state index < -0.39 is 0 Å². The standard InChI is InChI=1S/C16H21N5O3/c22-15-9-13(18-11-19-15)1-2-14-10-21(7-8-24-14)16(23)3-5-20-6-4-17-12-20/h4,6,9,11-12,14H,1-3,5,7-8,10H2,(H,18,19,22)/t14-/m1/s1. The summed E-state index contributed by atoms with van der Waals surface area (Å²) in [5, 5.41) is 0. The molecule has 8 nitrogen and oxygen atoms in total. The number of hydrogen-bond donors (Lipinski definition) is 1. The lowest BCUT2D eigenvalue weighted by molar-refractivity contribution is -0.139. The van der Waals surface area contributed by atoms with Gasteiger partial charge in [0.2, 0.25) is 5.91 Å². The van der Waals surface area contributed by atoms with Gasteiger partial charge in [0.05, 0.1) is 25.4 Å². The maximum absolute atomic E-state index is 12.3. The number of imidazole rings is 1. The van der Waals surface area contributed by atoms with Gasteiger partial charge in [0.1, 0.15) is 0 Å². The topological polar surface area (TPSA) is 93.1 Å². The smallest absolute Gasteiger partial charge is 0.250 e. The highest BCUT2D eigenvalue weighted by Crippen LogP contribution is 2.12. The zero-order valence-electron chi connectivity index (χ0n) is 13.4. The van der Waals surface area contributed by atoms with Crippen molar-refractivity contribution in [2.75, 3.05) is 19.7 Å². The van der Waals surface area contributed by atoms with Gasteiger partial charge in [0.15, 0.2) is 0 Å². The highest BCUT2D eigenvalue weighted by Gasteiger charge is 2.23. The Labute approximate surface area is 139 Å². The van der Waals surface area contributed by atoms with Crippen LogP contribution in [0.15, 0.2) is 35.9 Å². The van der Waals surface area contributed by atoms with E-state index in [9.17, 15) is 9.59 Å². The molecule has 2 aromatic rings. The molecule has 1 atom stereocenters. The Morgan fingerprint density at radius 2 is 2.38 bits per heavy atom. The zero-order valence-corrected chi connectivity index (χ0v) is 13.4. The van der Waals surface area contributed by atoms with Crippen molar-refractivity contribution in [3.05, 3.63) is 47.2 Å². The van der Waals surface area contributed by atoms with Crippen molar-refractivity contribution in [3.8, 4) is 0 Å². The minimum absolute atomic E-state index is 0.0166. The lowest BCUT2D eigenvalue weighted by atomic mass is 10.1. The van der Waals surface area contributed by atoms with Gasteiger partial charge in [-0.2, -0.15) is 0 Å². The number of ether oxygens (including phenoxy) is 1. The van der Waals surface area contributed by atoms with E-state index in [4.69, 9.17) is 4.74 Å². The molecule has 0 saturated carbocycles. The largest absolute Gasteiger partial charge is 0.375 e. The van der Waals surface area contributed by atoms with Gasteiger partial charge in [0, 0.05) is 50.2 Å². The van der Waals surface area contributed by atoms with E-state index in [1.807, 2.05) is 15.7 Å². The van der Waals surface area contributed by atoms with Gasteiger partial charge in [-0.05, 0) is 12.8 Å². The molecule has 3 heterocycles. The minimum atomic E-state index is -0.152. The summed E-state index contributed by atoms with van der Waals surface area (Å²) in [6.45, 7) is 2.40. The second kappa shape index (κ2) is 7.87. The van der Waals surface area contributed by atoms with Crippen LogP contribution < -0.4 is 5.56 Å². The van der Waals surface area contributed by atoms with Crippen molar-refractivity contribution in [3.63, 3.8) is 0 Å². The third kappa shape index (κ3) is 4.51. The van der Waals surface area contributed by atoms with Crippen molar-refractivity contribution in [1.29, 1.82) is 0 Å². The summed E-state index contributed by atoms with van der Waals surface area (Å²) in [5.74, 6) is 0.131. The molecule has 0 aliphatic carbocycles. The Balaban J connectivity index is 1.46. The predicted octanol–water partition coefficient (Wildman–Crippen LogP) is 0.217. The lowest BCUT2D eigenvalue weighted by Gasteiger charge is -2.33. The van der Waals surface area contributed by atoms with Gasteiger partial charge in [0.25, 0.3) is 5.56 Å².